The molecule has 0 spiro atoms. The summed E-state index contributed by atoms with van der Waals surface area (Å²) in [5.41, 5.74) is 5.79. The molecular formula is C18H38N2O2. The van der Waals surface area contributed by atoms with Crippen LogP contribution < -0.4 is 5.73 Å². The lowest BCUT2D eigenvalue weighted by Gasteiger charge is -2.25. The van der Waals surface area contributed by atoms with Gasteiger partial charge in [0, 0.05) is 6.54 Å². The molecule has 0 bridgehead atoms. The number of nitrogens with zero attached hydrogens (tertiary/aromatic N) is 1. The summed E-state index contributed by atoms with van der Waals surface area (Å²) < 4.78 is 5.31. The number of nitrogens with two attached hydrogens (primary N) is 1. The van der Waals surface area contributed by atoms with Crippen LogP contribution in [0.2, 0.25) is 0 Å². The fourth-order valence-electron chi connectivity index (χ4n) is 2.37. The molecule has 0 fully saturated rings. The Morgan fingerprint density at radius 1 is 1.05 bits per heavy atom. The van der Waals surface area contributed by atoms with Crippen LogP contribution in [0.15, 0.2) is 0 Å². The molecule has 0 amide bonds. The molecule has 4 nitrogen and oxygen atoms in total. The minimum atomic E-state index is -0.509. The van der Waals surface area contributed by atoms with Crippen molar-refractivity contribution < 1.29 is 9.53 Å². The molecule has 0 aromatic rings. The first-order chi connectivity index (χ1) is 10.3. The van der Waals surface area contributed by atoms with E-state index in [9.17, 15) is 4.79 Å². The SMILES string of the molecule is CCCN(CCOC(=O)C(N)C(C)C)CCC(C)C(C)CC. The van der Waals surface area contributed by atoms with Crippen LogP contribution >= 0.6 is 0 Å². The molecule has 3 unspecified atom stereocenters. The molecule has 132 valence electrons. The van der Waals surface area contributed by atoms with E-state index in [1.807, 2.05) is 13.8 Å². The van der Waals surface area contributed by atoms with Gasteiger partial charge in [-0.15, -0.1) is 0 Å². The van der Waals surface area contributed by atoms with Crippen molar-refractivity contribution in [2.24, 2.45) is 23.5 Å². The van der Waals surface area contributed by atoms with Gasteiger partial charge in [-0.05, 0) is 43.7 Å². The molecule has 2 N–H and O–H groups in total. The second-order valence-corrected chi connectivity index (χ2v) is 6.93. The zero-order valence-corrected chi connectivity index (χ0v) is 15.6. The average Bonchev–Trinajstić information content (AvgIpc) is 2.50. The Hall–Kier alpha value is -0.610. The Bertz CT molecular complexity index is 295. The Morgan fingerprint density at radius 2 is 1.68 bits per heavy atom. The van der Waals surface area contributed by atoms with Gasteiger partial charge >= 0.3 is 5.97 Å². The van der Waals surface area contributed by atoms with Crippen LogP contribution in [-0.4, -0.2) is 43.2 Å². The van der Waals surface area contributed by atoms with Gasteiger partial charge in [0.05, 0.1) is 0 Å². The van der Waals surface area contributed by atoms with Gasteiger partial charge in [0.1, 0.15) is 12.6 Å². The average molecular weight is 315 g/mol. The van der Waals surface area contributed by atoms with Crippen molar-refractivity contribution in [3.05, 3.63) is 0 Å². The van der Waals surface area contributed by atoms with Crippen molar-refractivity contribution >= 4 is 5.97 Å². The molecular weight excluding hydrogens is 276 g/mol. The minimum absolute atomic E-state index is 0.121. The van der Waals surface area contributed by atoms with E-state index < -0.39 is 6.04 Å². The Labute approximate surface area is 137 Å². The fourth-order valence-corrected chi connectivity index (χ4v) is 2.37. The van der Waals surface area contributed by atoms with Gasteiger partial charge in [0.15, 0.2) is 0 Å². The van der Waals surface area contributed by atoms with Crippen LogP contribution in [0.5, 0.6) is 0 Å². The quantitative estimate of drug-likeness (QED) is 0.562. The van der Waals surface area contributed by atoms with E-state index in [-0.39, 0.29) is 11.9 Å². The number of rotatable bonds is 12. The topological polar surface area (TPSA) is 55.6 Å². The molecule has 22 heavy (non-hydrogen) atoms. The van der Waals surface area contributed by atoms with E-state index in [1.54, 1.807) is 0 Å². The van der Waals surface area contributed by atoms with E-state index >= 15 is 0 Å². The van der Waals surface area contributed by atoms with Gasteiger partial charge in [-0.3, -0.25) is 9.69 Å². The normalized spacial score (nSPS) is 15.9. The predicted molar refractivity (Wildman–Crippen MR) is 93.7 cm³/mol. The van der Waals surface area contributed by atoms with Crippen molar-refractivity contribution in [3.8, 4) is 0 Å². The third-order valence-electron chi connectivity index (χ3n) is 4.70. The third kappa shape index (κ3) is 8.74. The molecule has 0 saturated carbocycles. The third-order valence-corrected chi connectivity index (χ3v) is 4.70. The first-order valence-corrected chi connectivity index (χ1v) is 8.97. The number of carbonyl (C=O) groups excluding carboxylic acids is 1. The Balaban J connectivity index is 4.11. The second kappa shape index (κ2) is 11.9. The summed E-state index contributed by atoms with van der Waals surface area (Å²) in [5.74, 6) is 1.35. The summed E-state index contributed by atoms with van der Waals surface area (Å²) in [7, 11) is 0. The Kier molecular flexibility index (Phi) is 11.6. The summed E-state index contributed by atoms with van der Waals surface area (Å²) in [6.45, 7) is 16.3. The number of hydrogen-bond acceptors (Lipinski definition) is 4. The molecule has 0 aliphatic carbocycles. The molecule has 0 aliphatic heterocycles. The number of esters is 1. The van der Waals surface area contributed by atoms with Crippen LogP contribution in [0.1, 0.15) is 60.8 Å². The number of ether oxygens (including phenoxy) is 1. The van der Waals surface area contributed by atoms with Crippen molar-refractivity contribution in [1.29, 1.82) is 0 Å². The van der Waals surface area contributed by atoms with Gasteiger partial charge in [-0.25, -0.2) is 0 Å². The van der Waals surface area contributed by atoms with Crippen molar-refractivity contribution in [3.63, 3.8) is 0 Å². The zero-order valence-electron chi connectivity index (χ0n) is 15.6. The predicted octanol–water partition coefficient (Wildman–Crippen LogP) is 3.30. The molecule has 4 heteroatoms. The van der Waals surface area contributed by atoms with Gasteiger partial charge in [-0.2, -0.15) is 0 Å². The van der Waals surface area contributed by atoms with Crippen LogP contribution in [-0.2, 0) is 9.53 Å². The standard InChI is InChI=1S/C18H38N2O2/c1-7-10-20(11-9-16(6)15(5)8-2)12-13-22-18(21)17(19)14(3)4/h14-17H,7-13,19H2,1-6H3. The molecule has 0 heterocycles. The van der Waals surface area contributed by atoms with Gasteiger partial charge in [-0.1, -0.05) is 48.0 Å². The lowest BCUT2D eigenvalue weighted by molar-refractivity contribution is -0.146. The molecule has 0 aromatic heterocycles. The largest absolute Gasteiger partial charge is 0.463 e. The molecule has 0 radical (unpaired) electrons. The zero-order chi connectivity index (χ0) is 17.1. The van der Waals surface area contributed by atoms with E-state index in [2.05, 4.69) is 32.6 Å². The maximum atomic E-state index is 11.8. The van der Waals surface area contributed by atoms with Crippen molar-refractivity contribution in [2.45, 2.75) is 66.8 Å². The Morgan fingerprint density at radius 3 is 2.18 bits per heavy atom. The fraction of sp³-hybridized carbons (Fsp3) is 0.944. The summed E-state index contributed by atoms with van der Waals surface area (Å²) in [4.78, 5) is 14.1. The van der Waals surface area contributed by atoms with Crippen LogP contribution in [0.3, 0.4) is 0 Å². The van der Waals surface area contributed by atoms with E-state index in [4.69, 9.17) is 10.5 Å². The highest BCUT2D eigenvalue weighted by Gasteiger charge is 2.19. The number of hydrogen-bond donors (Lipinski definition) is 1. The minimum Gasteiger partial charge on any atom is -0.463 e. The first kappa shape index (κ1) is 21.4. The molecule has 0 rings (SSSR count). The van der Waals surface area contributed by atoms with Crippen LogP contribution in [0.25, 0.3) is 0 Å². The van der Waals surface area contributed by atoms with Crippen molar-refractivity contribution in [2.75, 3.05) is 26.2 Å². The van der Waals surface area contributed by atoms with E-state index in [0.29, 0.717) is 6.61 Å². The molecule has 0 aromatic carbocycles. The van der Waals surface area contributed by atoms with E-state index in [1.165, 1.54) is 12.8 Å². The highest BCUT2D eigenvalue weighted by atomic mass is 16.5. The summed E-state index contributed by atoms with van der Waals surface area (Å²) in [6.07, 6.45) is 3.56. The summed E-state index contributed by atoms with van der Waals surface area (Å²) in [5, 5.41) is 0. The lowest BCUT2D eigenvalue weighted by atomic mass is 9.91. The first-order valence-electron chi connectivity index (χ1n) is 8.97. The highest BCUT2D eigenvalue weighted by Crippen LogP contribution is 2.18. The molecule has 3 atom stereocenters. The monoisotopic (exact) mass is 314 g/mol. The second-order valence-electron chi connectivity index (χ2n) is 6.93. The highest BCUT2D eigenvalue weighted by molar-refractivity contribution is 5.75. The summed E-state index contributed by atoms with van der Waals surface area (Å²) in [6, 6.07) is -0.509. The lowest BCUT2D eigenvalue weighted by Crippen LogP contribution is -2.39. The smallest absolute Gasteiger partial charge is 0.323 e. The van der Waals surface area contributed by atoms with Crippen LogP contribution in [0, 0.1) is 17.8 Å². The van der Waals surface area contributed by atoms with E-state index in [0.717, 1.165) is 37.9 Å². The maximum absolute atomic E-state index is 11.8. The molecule has 0 aliphatic rings. The maximum Gasteiger partial charge on any atom is 0.323 e. The van der Waals surface area contributed by atoms with Crippen molar-refractivity contribution in [1.82, 2.24) is 4.90 Å². The molecule has 0 saturated heterocycles. The van der Waals surface area contributed by atoms with Crippen LogP contribution in [0.4, 0.5) is 0 Å². The van der Waals surface area contributed by atoms with Gasteiger partial charge in [0.2, 0.25) is 0 Å². The van der Waals surface area contributed by atoms with Gasteiger partial charge in [0.25, 0.3) is 0 Å². The van der Waals surface area contributed by atoms with Gasteiger partial charge < -0.3 is 10.5 Å². The summed E-state index contributed by atoms with van der Waals surface area (Å²) >= 11 is 0. The number of carbonyl (C=O) groups is 1.